The van der Waals surface area contributed by atoms with Gasteiger partial charge in [0.1, 0.15) is 11.3 Å². The highest BCUT2D eigenvalue weighted by Crippen LogP contribution is 2.47. The van der Waals surface area contributed by atoms with Gasteiger partial charge >= 0.3 is 0 Å². The van der Waals surface area contributed by atoms with Crippen molar-refractivity contribution in [3.63, 3.8) is 0 Å². The number of halogens is 1. The molecule has 2 aromatic rings. The van der Waals surface area contributed by atoms with Crippen molar-refractivity contribution >= 4 is 29.1 Å². The summed E-state index contributed by atoms with van der Waals surface area (Å²) in [5.41, 5.74) is 3.77. The highest BCUT2D eigenvalue weighted by molar-refractivity contribution is 7.99. The van der Waals surface area contributed by atoms with Gasteiger partial charge in [-0.25, -0.2) is 4.39 Å². The molecule has 2 aliphatic heterocycles. The van der Waals surface area contributed by atoms with Crippen LogP contribution in [0.1, 0.15) is 43.7 Å². The minimum atomic E-state index is -0.482. The van der Waals surface area contributed by atoms with Gasteiger partial charge in [0.25, 0.3) is 0 Å². The average molecular weight is 509 g/mol. The maximum absolute atomic E-state index is 14.1. The second kappa shape index (κ2) is 9.56. The summed E-state index contributed by atoms with van der Waals surface area (Å²) in [6, 6.07) is 14.8. The Morgan fingerprint density at radius 3 is 2.44 bits per heavy atom. The summed E-state index contributed by atoms with van der Waals surface area (Å²) in [6.07, 6.45) is 0.878. The minimum absolute atomic E-state index is 0.108. The number of benzene rings is 2. The molecular weight excluding hydrogens is 475 g/mol. The topological polar surface area (TPSA) is 73.5 Å². The van der Waals surface area contributed by atoms with Crippen LogP contribution in [0.5, 0.6) is 0 Å². The van der Waals surface area contributed by atoms with Crippen LogP contribution >= 0.6 is 11.8 Å². The first-order valence-electron chi connectivity index (χ1n) is 12.3. The van der Waals surface area contributed by atoms with Gasteiger partial charge in [0.05, 0.1) is 12.1 Å². The zero-order valence-corrected chi connectivity index (χ0v) is 21.9. The second-order valence-electron chi connectivity index (χ2n) is 10.9. The van der Waals surface area contributed by atoms with E-state index in [0.29, 0.717) is 17.7 Å². The fourth-order valence-corrected chi connectivity index (χ4v) is 6.61. The van der Waals surface area contributed by atoms with Gasteiger partial charge in [0.2, 0.25) is 5.91 Å². The predicted octanol–water partition coefficient (Wildman–Crippen LogP) is 4.10. The number of hydrogen-bond acceptors (Lipinski definition) is 6. The molecule has 1 aliphatic carbocycles. The summed E-state index contributed by atoms with van der Waals surface area (Å²) in [4.78, 5) is 29.0. The van der Waals surface area contributed by atoms with E-state index in [1.807, 2.05) is 49.3 Å². The van der Waals surface area contributed by atoms with Crippen molar-refractivity contribution in [3.05, 3.63) is 76.7 Å². The largest absolute Gasteiger partial charge is 0.378 e. The summed E-state index contributed by atoms with van der Waals surface area (Å²) in [5.74, 6) is -0.641. The van der Waals surface area contributed by atoms with E-state index in [-0.39, 0.29) is 40.5 Å². The van der Waals surface area contributed by atoms with Gasteiger partial charge in [0.15, 0.2) is 5.78 Å². The van der Waals surface area contributed by atoms with Gasteiger partial charge in [0, 0.05) is 49.1 Å². The van der Waals surface area contributed by atoms with Crippen molar-refractivity contribution in [1.29, 1.82) is 0 Å². The highest BCUT2D eigenvalue weighted by Gasteiger charge is 2.50. The smallest absolute Gasteiger partial charge is 0.229 e. The number of fused-ring (bicyclic) bond motifs is 1. The first kappa shape index (κ1) is 24.8. The van der Waals surface area contributed by atoms with Crippen LogP contribution in [0, 0.1) is 17.2 Å². The number of amides is 1. The molecule has 5 rings (SSSR count). The summed E-state index contributed by atoms with van der Waals surface area (Å²) < 4.78 is 14.1. The Bertz CT molecular complexity index is 1210. The Balaban J connectivity index is 1.46. The molecule has 0 saturated carbocycles. The lowest BCUT2D eigenvalue weighted by atomic mass is 9.66. The number of thioether (sulfide) groups is 1. The molecule has 8 heteroatoms. The molecule has 2 heterocycles. The molecule has 0 radical (unpaired) electrons. The van der Waals surface area contributed by atoms with Gasteiger partial charge in [-0.1, -0.05) is 44.2 Å². The third kappa shape index (κ3) is 4.76. The van der Waals surface area contributed by atoms with Gasteiger partial charge in [-0.05, 0) is 41.2 Å². The lowest BCUT2D eigenvalue weighted by Crippen LogP contribution is -2.68. The Labute approximate surface area is 216 Å². The SMILES string of the molecule is CN(C)c1ccc(C2C3=C(CC(C)(C)CC3=O)NC3NC(SCc4ccccc4F)NC(=O)C32)cc1. The Hall–Kier alpha value is -2.84. The number of rotatable bonds is 5. The lowest BCUT2D eigenvalue weighted by molar-refractivity contribution is -0.130. The van der Waals surface area contributed by atoms with Crippen LogP contribution in [-0.4, -0.2) is 37.4 Å². The minimum Gasteiger partial charge on any atom is -0.378 e. The quantitative estimate of drug-likeness (QED) is 0.565. The van der Waals surface area contributed by atoms with Crippen molar-refractivity contribution in [3.8, 4) is 0 Å². The number of anilines is 1. The van der Waals surface area contributed by atoms with Crippen molar-refractivity contribution < 1.29 is 14.0 Å². The average Bonchev–Trinajstić information content (AvgIpc) is 2.81. The van der Waals surface area contributed by atoms with Gasteiger partial charge in [-0.3, -0.25) is 14.9 Å². The Morgan fingerprint density at radius 1 is 1.03 bits per heavy atom. The molecule has 190 valence electrons. The summed E-state index contributed by atoms with van der Waals surface area (Å²) >= 11 is 1.44. The zero-order valence-electron chi connectivity index (χ0n) is 21.1. The van der Waals surface area contributed by atoms with Crippen LogP contribution in [0.3, 0.4) is 0 Å². The monoisotopic (exact) mass is 508 g/mol. The van der Waals surface area contributed by atoms with E-state index in [4.69, 9.17) is 0 Å². The molecule has 1 amide bonds. The zero-order chi connectivity index (χ0) is 25.6. The number of nitrogens with zero attached hydrogens (tertiary/aromatic N) is 1. The second-order valence-corrected chi connectivity index (χ2v) is 12.0. The third-order valence-electron chi connectivity index (χ3n) is 7.32. The van der Waals surface area contributed by atoms with E-state index in [1.165, 1.54) is 17.8 Å². The molecule has 4 atom stereocenters. The highest BCUT2D eigenvalue weighted by atomic mass is 32.2. The van der Waals surface area contributed by atoms with Crippen LogP contribution in [0.15, 0.2) is 59.8 Å². The summed E-state index contributed by atoms with van der Waals surface area (Å²) in [6.45, 7) is 4.22. The molecule has 3 N–H and O–H groups in total. The molecule has 0 aromatic heterocycles. The van der Waals surface area contributed by atoms with Crippen LogP contribution in [-0.2, 0) is 15.3 Å². The van der Waals surface area contributed by atoms with Crippen LogP contribution in [0.4, 0.5) is 10.1 Å². The number of nitrogens with one attached hydrogen (secondary N) is 3. The molecule has 1 saturated heterocycles. The van der Waals surface area contributed by atoms with E-state index >= 15 is 0 Å². The predicted molar refractivity (Wildman–Crippen MR) is 142 cm³/mol. The fraction of sp³-hybridized carbons (Fsp3) is 0.429. The van der Waals surface area contributed by atoms with Crippen molar-refractivity contribution in [2.75, 3.05) is 19.0 Å². The lowest BCUT2D eigenvalue weighted by Gasteiger charge is -2.48. The molecular formula is C28H33FN4O2S. The number of hydrogen-bond donors (Lipinski definition) is 3. The van der Waals surface area contributed by atoms with Crippen molar-refractivity contribution in [1.82, 2.24) is 16.0 Å². The standard InChI is InChI=1S/C28H33FN4O2S/c1-28(2)13-20-23(21(34)14-28)22(16-9-11-18(12-10-16)33(3)4)24-25(30-20)31-27(32-26(24)35)36-15-17-7-5-6-8-19(17)29/h5-12,22,24-25,27,30-31H,13-15H2,1-4H3,(H,32,35). The molecule has 36 heavy (non-hydrogen) atoms. The van der Waals surface area contributed by atoms with Crippen LogP contribution < -0.4 is 20.9 Å². The van der Waals surface area contributed by atoms with Crippen LogP contribution in [0.2, 0.25) is 0 Å². The summed E-state index contributed by atoms with van der Waals surface area (Å²) in [7, 11) is 3.97. The van der Waals surface area contributed by atoms with Crippen LogP contribution in [0.25, 0.3) is 0 Å². The Kier molecular flexibility index (Phi) is 6.59. The molecule has 6 nitrogen and oxygen atoms in total. The first-order chi connectivity index (χ1) is 17.1. The Morgan fingerprint density at radius 2 is 1.75 bits per heavy atom. The van der Waals surface area contributed by atoms with E-state index in [1.54, 1.807) is 12.1 Å². The summed E-state index contributed by atoms with van der Waals surface area (Å²) in [5, 5.41) is 10.1. The van der Waals surface area contributed by atoms with Crippen molar-refractivity contribution in [2.45, 2.75) is 50.0 Å². The van der Waals surface area contributed by atoms with E-state index in [9.17, 15) is 14.0 Å². The molecule has 0 spiro atoms. The maximum atomic E-state index is 14.1. The molecule has 1 fully saturated rings. The number of Topliss-reactive ketones (excluding diaryl/α,β-unsaturated/α-hetero) is 1. The van der Waals surface area contributed by atoms with E-state index in [2.05, 4.69) is 29.8 Å². The number of carbonyl (C=O) groups is 2. The maximum Gasteiger partial charge on any atom is 0.229 e. The first-order valence-corrected chi connectivity index (χ1v) is 13.4. The van der Waals surface area contributed by atoms with Gasteiger partial charge < -0.3 is 15.5 Å². The van der Waals surface area contributed by atoms with Gasteiger partial charge in [-0.15, -0.1) is 11.8 Å². The van der Waals surface area contributed by atoms with E-state index in [0.717, 1.165) is 28.9 Å². The molecule has 4 unspecified atom stereocenters. The normalized spacial score (nSPS) is 27.0. The number of carbonyl (C=O) groups excluding carboxylic acids is 2. The molecule has 0 bridgehead atoms. The third-order valence-corrected chi connectivity index (χ3v) is 8.38. The van der Waals surface area contributed by atoms with E-state index < -0.39 is 5.92 Å². The molecule has 2 aromatic carbocycles. The fourth-order valence-electron chi connectivity index (χ4n) is 5.58. The van der Waals surface area contributed by atoms with Gasteiger partial charge in [-0.2, -0.15) is 0 Å². The van der Waals surface area contributed by atoms with Crippen molar-refractivity contribution in [2.24, 2.45) is 11.3 Å². The number of allylic oxidation sites excluding steroid dienone is 2. The number of ketones is 1. The molecule has 3 aliphatic rings.